The van der Waals surface area contributed by atoms with E-state index in [-0.39, 0.29) is 3.42 Å². The third-order valence-corrected chi connectivity index (χ3v) is 7.21. The lowest BCUT2D eigenvalue weighted by atomic mass is 9.92. The number of piperidine rings is 1. The SMILES string of the molecule is CC1(O)CCN(CCC(C)(I=N)c2ccc(C(F)(F)F)cc2)CC1. The quantitative estimate of drug-likeness (QED) is 0.490. The number of rotatable bonds is 5. The molecule has 24 heavy (non-hydrogen) atoms. The maximum Gasteiger partial charge on any atom is 0.416 e. The van der Waals surface area contributed by atoms with Crippen molar-refractivity contribution < 1.29 is 18.3 Å². The predicted molar refractivity (Wildman–Crippen MR) is 96.5 cm³/mol. The summed E-state index contributed by atoms with van der Waals surface area (Å²) in [5.41, 5.74) is -0.410. The van der Waals surface area contributed by atoms with Gasteiger partial charge in [0.25, 0.3) is 0 Å². The molecule has 1 unspecified atom stereocenters. The van der Waals surface area contributed by atoms with Gasteiger partial charge < -0.3 is 10.0 Å². The standard InChI is InChI=1S/C17H24F3IN2O/c1-15(24)7-10-23(11-8-15)12-9-16(2,21-22)13-3-5-14(6-4-13)17(18,19)20/h3-6,22,24H,7-12H2,1-2H3. The molecule has 1 saturated heterocycles. The molecule has 7 heteroatoms. The summed E-state index contributed by atoms with van der Waals surface area (Å²) >= 11 is -0.915. The normalized spacial score (nSPS) is 21.4. The third kappa shape index (κ3) is 4.98. The lowest BCUT2D eigenvalue weighted by Gasteiger charge is -2.37. The first-order valence-electron chi connectivity index (χ1n) is 8.00. The first kappa shape index (κ1) is 19.8. The van der Waals surface area contributed by atoms with Crippen molar-refractivity contribution in [3.05, 3.63) is 35.4 Å². The number of benzene rings is 1. The van der Waals surface area contributed by atoms with E-state index in [4.69, 9.17) is 3.56 Å². The van der Waals surface area contributed by atoms with E-state index >= 15 is 0 Å². The van der Waals surface area contributed by atoms with Crippen LogP contribution < -0.4 is 0 Å². The Labute approximate surface area is 151 Å². The lowest BCUT2D eigenvalue weighted by Crippen LogP contribution is -2.43. The molecule has 0 aliphatic carbocycles. The molecule has 1 fully saturated rings. The predicted octanol–water partition coefficient (Wildman–Crippen LogP) is 4.89. The maximum atomic E-state index is 12.7. The monoisotopic (exact) mass is 456 g/mol. The summed E-state index contributed by atoms with van der Waals surface area (Å²) in [7, 11) is 0. The second-order valence-corrected chi connectivity index (χ2v) is 9.88. The van der Waals surface area contributed by atoms with Crippen molar-refractivity contribution in [3.8, 4) is 0 Å². The van der Waals surface area contributed by atoms with Crippen molar-refractivity contribution in [1.29, 1.82) is 3.56 Å². The summed E-state index contributed by atoms with van der Waals surface area (Å²) in [6.45, 7) is 6.30. The van der Waals surface area contributed by atoms with Crippen LogP contribution in [0.5, 0.6) is 0 Å². The van der Waals surface area contributed by atoms with Gasteiger partial charge in [-0.3, -0.25) is 3.56 Å². The van der Waals surface area contributed by atoms with Crippen molar-refractivity contribution in [1.82, 2.24) is 4.90 Å². The summed E-state index contributed by atoms with van der Waals surface area (Å²) in [5, 5.41) is 9.99. The summed E-state index contributed by atoms with van der Waals surface area (Å²) in [6, 6.07) is 5.28. The Morgan fingerprint density at radius 3 is 2.12 bits per heavy atom. The number of halogens is 4. The van der Waals surface area contributed by atoms with Crippen LogP contribution >= 0.6 is 21.0 Å². The van der Waals surface area contributed by atoms with Crippen LogP contribution in [0.4, 0.5) is 13.2 Å². The van der Waals surface area contributed by atoms with E-state index in [2.05, 4.69) is 4.90 Å². The Bertz CT molecular complexity index is 564. The van der Waals surface area contributed by atoms with Crippen molar-refractivity contribution in [2.45, 2.75) is 48.3 Å². The van der Waals surface area contributed by atoms with Crippen LogP contribution in [0.15, 0.2) is 24.3 Å². The molecule has 136 valence electrons. The molecule has 1 aliphatic heterocycles. The van der Waals surface area contributed by atoms with Crippen LogP contribution in [0, 0.1) is 3.56 Å². The Balaban J connectivity index is 2.02. The van der Waals surface area contributed by atoms with E-state index in [0.717, 1.165) is 56.6 Å². The molecular weight excluding hydrogens is 432 g/mol. The number of hydrogen-bond donors (Lipinski definition) is 2. The molecule has 0 amide bonds. The summed E-state index contributed by atoms with van der Waals surface area (Å²) in [4.78, 5) is 2.28. The van der Waals surface area contributed by atoms with E-state index in [1.54, 1.807) is 0 Å². The fourth-order valence-electron chi connectivity index (χ4n) is 2.88. The molecule has 2 N–H and O–H groups in total. The molecule has 3 nitrogen and oxygen atoms in total. The second kappa shape index (κ2) is 7.37. The Morgan fingerprint density at radius 1 is 1.17 bits per heavy atom. The zero-order chi connectivity index (χ0) is 18.0. The number of likely N-dealkylation sites (tertiary alicyclic amines) is 1. The van der Waals surface area contributed by atoms with Gasteiger partial charge in [0.1, 0.15) is 0 Å². The molecule has 1 atom stereocenters. The Morgan fingerprint density at radius 2 is 1.67 bits per heavy atom. The zero-order valence-corrected chi connectivity index (χ0v) is 16.1. The van der Waals surface area contributed by atoms with Crippen LogP contribution in [0.25, 0.3) is 0 Å². The molecule has 0 radical (unpaired) electrons. The van der Waals surface area contributed by atoms with E-state index < -0.39 is 38.4 Å². The van der Waals surface area contributed by atoms with E-state index in [1.807, 2.05) is 13.8 Å². The highest BCUT2D eigenvalue weighted by molar-refractivity contribution is 14.1. The third-order valence-electron chi connectivity index (χ3n) is 4.85. The Hall–Kier alpha value is -0.540. The molecule has 0 saturated carbocycles. The first-order valence-corrected chi connectivity index (χ1v) is 10.2. The second-order valence-electron chi connectivity index (χ2n) is 6.96. The molecule has 0 aromatic heterocycles. The van der Waals surface area contributed by atoms with E-state index in [9.17, 15) is 18.3 Å². The lowest BCUT2D eigenvalue weighted by molar-refractivity contribution is -0.137. The molecule has 0 spiro atoms. The molecule has 1 aromatic carbocycles. The van der Waals surface area contributed by atoms with E-state index in [1.165, 1.54) is 12.1 Å². The fourth-order valence-corrected chi connectivity index (χ4v) is 4.06. The topological polar surface area (TPSA) is 47.3 Å². The van der Waals surface area contributed by atoms with Gasteiger partial charge in [0, 0.05) is 13.1 Å². The molecular formula is C17H24F3IN2O. The van der Waals surface area contributed by atoms with Gasteiger partial charge in [-0.15, -0.1) is 0 Å². The minimum Gasteiger partial charge on any atom is -0.390 e. The number of aliphatic hydroxyl groups is 1. The van der Waals surface area contributed by atoms with Crippen molar-refractivity contribution in [3.63, 3.8) is 0 Å². The average molecular weight is 456 g/mol. The van der Waals surface area contributed by atoms with Crippen LogP contribution in [0.3, 0.4) is 0 Å². The minimum absolute atomic E-state index is 0.358. The van der Waals surface area contributed by atoms with Crippen LogP contribution in [-0.2, 0) is 9.60 Å². The smallest absolute Gasteiger partial charge is 0.390 e. The molecule has 0 bridgehead atoms. The minimum atomic E-state index is -4.32. The molecule has 1 heterocycles. The fraction of sp³-hybridized carbons (Fsp3) is 0.647. The van der Waals surface area contributed by atoms with Gasteiger partial charge in [0.15, 0.2) is 0 Å². The summed E-state index contributed by atoms with van der Waals surface area (Å²) < 4.78 is 45.7. The van der Waals surface area contributed by atoms with Gasteiger partial charge in [-0.1, -0.05) is 12.1 Å². The van der Waals surface area contributed by atoms with Gasteiger partial charge in [-0.2, -0.15) is 13.2 Å². The highest BCUT2D eigenvalue weighted by Gasteiger charge is 2.33. The molecule has 1 aromatic rings. The highest BCUT2D eigenvalue weighted by atomic mass is 127. The Kier molecular flexibility index (Phi) is 6.08. The van der Waals surface area contributed by atoms with Crippen molar-refractivity contribution >= 4 is 21.0 Å². The van der Waals surface area contributed by atoms with Crippen molar-refractivity contribution in [2.75, 3.05) is 19.6 Å². The van der Waals surface area contributed by atoms with Gasteiger partial charge in [-0.05, 0) is 78.4 Å². The summed E-state index contributed by atoms with van der Waals surface area (Å²) in [5.74, 6) is 0. The average Bonchev–Trinajstić information content (AvgIpc) is 2.53. The largest absolute Gasteiger partial charge is 0.416 e. The molecule has 1 aliphatic rings. The number of alkyl halides is 4. The molecule has 2 rings (SSSR count). The van der Waals surface area contributed by atoms with Crippen molar-refractivity contribution in [2.24, 2.45) is 0 Å². The van der Waals surface area contributed by atoms with Crippen LogP contribution in [0.2, 0.25) is 0 Å². The number of hydrogen-bond acceptors (Lipinski definition) is 3. The van der Waals surface area contributed by atoms with Crippen LogP contribution in [0.1, 0.15) is 44.2 Å². The van der Waals surface area contributed by atoms with Crippen LogP contribution in [-0.4, -0.2) is 35.2 Å². The summed E-state index contributed by atoms with van der Waals surface area (Å²) in [6.07, 6.45) is -2.09. The van der Waals surface area contributed by atoms with Gasteiger partial charge in [0.2, 0.25) is 0 Å². The van der Waals surface area contributed by atoms with Gasteiger partial charge in [0.05, 0.1) is 14.6 Å². The first-order chi connectivity index (χ1) is 11.1. The zero-order valence-electron chi connectivity index (χ0n) is 14.0. The van der Waals surface area contributed by atoms with Gasteiger partial charge in [-0.25, -0.2) is 0 Å². The maximum absolute atomic E-state index is 12.7. The van der Waals surface area contributed by atoms with E-state index in [0.29, 0.717) is 0 Å². The van der Waals surface area contributed by atoms with Gasteiger partial charge >= 0.3 is 6.18 Å². The number of nitrogens with one attached hydrogen (secondary N) is 1. The number of nitrogens with zero attached hydrogens (tertiary/aromatic N) is 1. The highest BCUT2D eigenvalue weighted by Crippen LogP contribution is 2.40.